The number of nitrogens with two attached hydrogens (primary N) is 1. The third kappa shape index (κ3) is 3.47. The maximum atomic E-state index is 13.7. The van der Waals surface area contributed by atoms with Crippen LogP contribution in [-0.4, -0.2) is 44.2 Å². The summed E-state index contributed by atoms with van der Waals surface area (Å²) in [6.07, 6.45) is 0. The molecule has 3 aliphatic rings. The second-order valence-corrected chi connectivity index (χ2v) is 8.17. The van der Waals surface area contributed by atoms with E-state index >= 15 is 0 Å². The quantitative estimate of drug-likeness (QED) is 0.693. The van der Waals surface area contributed by atoms with E-state index in [2.05, 4.69) is 6.07 Å². The average Bonchev–Trinajstić information content (AvgIpc) is 3.26. The molecule has 0 amide bonds. The number of rotatable bonds is 4. The second-order valence-electron chi connectivity index (χ2n) is 8.17. The Hall–Kier alpha value is -3.48. The highest BCUT2D eigenvalue weighted by molar-refractivity contribution is 5.57. The molecule has 3 N–H and O–H groups in total. The molecule has 1 fully saturated rings. The molecule has 5 rings (SSSR count). The van der Waals surface area contributed by atoms with E-state index in [4.69, 9.17) is 24.7 Å². The van der Waals surface area contributed by atoms with Crippen molar-refractivity contribution >= 4 is 0 Å². The first-order valence-corrected chi connectivity index (χ1v) is 10.7. The smallest absolute Gasteiger partial charge is 0.258 e. The first kappa shape index (κ1) is 20.4. The highest BCUT2D eigenvalue weighted by Crippen LogP contribution is 2.43. The lowest BCUT2D eigenvalue weighted by Crippen LogP contribution is -3.14. The van der Waals surface area contributed by atoms with Gasteiger partial charge in [0, 0.05) is 11.8 Å². The van der Waals surface area contributed by atoms with E-state index in [0.29, 0.717) is 29.4 Å². The molecular formula is C23H25N4O5+. The van der Waals surface area contributed by atoms with Crippen LogP contribution in [0.3, 0.4) is 0 Å². The van der Waals surface area contributed by atoms with Crippen LogP contribution in [0.4, 0.5) is 0 Å². The van der Waals surface area contributed by atoms with Gasteiger partial charge in [-0.1, -0.05) is 6.07 Å². The number of hydrogen-bond acceptors (Lipinski definition) is 7. The number of aryl methyl sites for hydroxylation is 1. The number of pyridine rings is 1. The molecule has 9 heteroatoms. The van der Waals surface area contributed by atoms with Crippen LogP contribution in [0.1, 0.15) is 22.7 Å². The maximum absolute atomic E-state index is 13.7. The van der Waals surface area contributed by atoms with Crippen molar-refractivity contribution in [3.63, 3.8) is 0 Å². The zero-order chi connectivity index (χ0) is 22.2. The summed E-state index contributed by atoms with van der Waals surface area (Å²) in [6, 6.07) is 9.39. The second kappa shape index (κ2) is 8.22. The van der Waals surface area contributed by atoms with Gasteiger partial charge in [0.2, 0.25) is 12.7 Å². The molecule has 0 unspecified atom stereocenters. The van der Waals surface area contributed by atoms with Gasteiger partial charge in [-0.05, 0) is 24.6 Å². The number of benzene rings is 1. The Balaban J connectivity index is 1.58. The Kier molecular flexibility index (Phi) is 5.25. The number of hydrogen-bond donors (Lipinski definition) is 2. The van der Waals surface area contributed by atoms with E-state index in [0.717, 1.165) is 44.1 Å². The van der Waals surface area contributed by atoms with E-state index in [1.807, 2.05) is 19.1 Å². The standard InChI is InChI=1S/C23H24N4O5/c1-14-10-19-21(23(28)27(14)5-4-26-6-8-29-9-7-26)20(16(12-24)22(25)32-19)15-2-3-17-18(11-15)31-13-30-17/h2-3,10-11,20H,4-9,13,25H2,1H3/p+1/t20-/m1/s1. The number of nitrogens with zero attached hydrogens (tertiary/aromatic N) is 2. The fourth-order valence-corrected chi connectivity index (χ4v) is 4.57. The molecule has 1 aromatic carbocycles. The van der Waals surface area contributed by atoms with Crippen LogP contribution in [0.25, 0.3) is 0 Å². The minimum absolute atomic E-state index is 0.0111. The van der Waals surface area contributed by atoms with Crippen molar-refractivity contribution in [1.29, 1.82) is 5.26 Å². The lowest BCUT2D eigenvalue weighted by atomic mass is 9.84. The summed E-state index contributed by atoms with van der Waals surface area (Å²) in [6.45, 7) is 6.76. The summed E-state index contributed by atoms with van der Waals surface area (Å²) in [5, 5.41) is 9.85. The number of quaternary nitrogens is 1. The van der Waals surface area contributed by atoms with E-state index in [9.17, 15) is 10.1 Å². The average molecular weight is 437 g/mol. The van der Waals surface area contributed by atoms with Crippen LogP contribution in [0.5, 0.6) is 17.2 Å². The molecule has 166 valence electrons. The highest BCUT2D eigenvalue weighted by atomic mass is 16.7. The third-order valence-electron chi connectivity index (χ3n) is 6.31. The molecule has 3 aliphatic heterocycles. The highest BCUT2D eigenvalue weighted by Gasteiger charge is 2.35. The molecule has 32 heavy (non-hydrogen) atoms. The number of fused-ring (bicyclic) bond motifs is 2. The summed E-state index contributed by atoms with van der Waals surface area (Å²) < 4.78 is 23.8. The van der Waals surface area contributed by atoms with Crippen molar-refractivity contribution in [3.05, 3.63) is 62.9 Å². The Morgan fingerprint density at radius 1 is 1.19 bits per heavy atom. The topological polar surface area (TPSA) is 113 Å². The van der Waals surface area contributed by atoms with Gasteiger partial charge in [0.15, 0.2) is 11.5 Å². The Bertz CT molecular complexity index is 1190. The number of ether oxygens (including phenoxy) is 4. The van der Waals surface area contributed by atoms with Crippen LogP contribution in [-0.2, 0) is 11.3 Å². The van der Waals surface area contributed by atoms with Crippen LogP contribution >= 0.6 is 0 Å². The van der Waals surface area contributed by atoms with Gasteiger partial charge in [0.1, 0.15) is 30.5 Å². The third-order valence-corrected chi connectivity index (χ3v) is 6.31. The van der Waals surface area contributed by atoms with Crippen LogP contribution in [0, 0.1) is 18.3 Å². The summed E-state index contributed by atoms with van der Waals surface area (Å²) in [5.74, 6) is 0.966. The molecule has 0 bridgehead atoms. The fraction of sp³-hybridized carbons (Fsp3) is 0.391. The number of nitriles is 1. The fourth-order valence-electron chi connectivity index (χ4n) is 4.57. The molecule has 2 aromatic rings. The van der Waals surface area contributed by atoms with Crippen LogP contribution in [0.2, 0.25) is 0 Å². The van der Waals surface area contributed by atoms with E-state index < -0.39 is 5.92 Å². The van der Waals surface area contributed by atoms with Crippen molar-refractivity contribution in [1.82, 2.24) is 4.57 Å². The van der Waals surface area contributed by atoms with Crippen molar-refractivity contribution in [2.75, 3.05) is 39.6 Å². The van der Waals surface area contributed by atoms with Crippen LogP contribution in [0.15, 0.2) is 40.5 Å². The zero-order valence-electron chi connectivity index (χ0n) is 17.8. The minimum atomic E-state index is -0.645. The minimum Gasteiger partial charge on any atom is -0.454 e. The molecule has 9 nitrogen and oxygen atoms in total. The van der Waals surface area contributed by atoms with E-state index in [1.54, 1.807) is 16.7 Å². The zero-order valence-corrected chi connectivity index (χ0v) is 17.8. The molecule has 4 heterocycles. The first-order valence-electron chi connectivity index (χ1n) is 10.7. The normalized spacial score (nSPS) is 19.9. The first-order chi connectivity index (χ1) is 15.6. The van der Waals surface area contributed by atoms with Gasteiger partial charge in [-0.25, -0.2) is 0 Å². The lowest BCUT2D eigenvalue weighted by Gasteiger charge is -2.28. The Morgan fingerprint density at radius 3 is 2.75 bits per heavy atom. The van der Waals surface area contributed by atoms with Gasteiger partial charge >= 0.3 is 0 Å². The van der Waals surface area contributed by atoms with Gasteiger partial charge in [-0.3, -0.25) is 4.79 Å². The SMILES string of the molecule is Cc1cc2c(c(=O)n1CC[NH+]1CCOCC1)[C@H](c1ccc3c(c1)OCO3)C(C#N)=C(N)O2. The molecule has 0 radical (unpaired) electrons. The van der Waals surface area contributed by atoms with Crippen LogP contribution < -0.4 is 30.4 Å². The Morgan fingerprint density at radius 2 is 1.97 bits per heavy atom. The Labute approximate surface area is 185 Å². The van der Waals surface area contributed by atoms with E-state index in [1.165, 1.54) is 4.90 Å². The summed E-state index contributed by atoms with van der Waals surface area (Å²) in [7, 11) is 0. The number of morpholine rings is 1. The van der Waals surface area contributed by atoms with E-state index in [-0.39, 0.29) is 23.8 Å². The molecule has 0 aliphatic carbocycles. The van der Waals surface area contributed by atoms with Gasteiger partial charge in [-0.2, -0.15) is 5.26 Å². The van der Waals surface area contributed by atoms with Crippen molar-refractivity contribution in [2.24, 2.45) is 5.73 Å². The predicted molar refractivity (Wildman–Crippen MR) is 114 cm³/mol. The van der Waals surface area contributed by atoms with Crippen molar-refractivity contribution in [2.45, 2.75) is 19.4 Å². The summed E-state index contributed by atoms with van der Waals surface area (Å²) in [5.41, 5.74) is 8.07. The van der Waals surface area contributed by atoms with Gasteiger partial charge in [0.05, 0.1) is 37.8 Å². The molecule has 1 saturated heterocycles. The maximum Gasteiger partial charge on any atom is 0.258 e. The molecular weight excluding hydrogens is 412 g/mol. The summed E-state index contributed by atoms with van der Waals surface area (Å²) >= 11 is 0. The summed E-state index contributed by atoms with van der Waals surface area (Å²) in [4.78, 5) is 15.1. The largest absolute Gasteiger partial charge is 0.454 e. The monoisotopic (exact) mass is 437 g/mol. The molecule has 0 saturated carbocycles. The molecule has 1 aromatic heterocycles. The molecule has 0 spiro atoms. The molecule has 1 atom stereocenters. The van der Waals surface area contributed by atoms with Crippen molar-refractivity contribution < 1.29 is 23.8 Å². The van der Waals surface area contributed by atoms with Gasteiger partial charge in [0.25, 0.3) is 5.56 Å². The number of nitrogens with one attached hydrogen (secondary N) is 1. The lowest BCUT2D eigenvalue weighted by molar-refractivity contribution is -0.908. The number of allylic oxidation sites excluding steroid dienone is 1. The number of aromatic nitrogens is 1. The van der Waals surface area contributed by atoms with Gasteiger partial charge in [-0.15, -0.1) is 0 Å². The van der Waals surface area contributed by atoms with Crippen molar-refractivity contribution in [3.8, 4) is 23.3 Å². The van der Waals surface area contributed by atoms with Gasteiger partial charge < -0.3 is 34.1 Å². The predicted octanol–water partition coefficient (Wildman–Crippen LogP) is 0.0187.